The minimum absolute atomic E-state index is 0.00609. The van der Waals surface area contributed by atoms with E-state index in [1.54, 1.807) is 13.0 Å². The standard InChI is InChI=1S/C15H16FN.C13H25N3O2S.C3H7F/c1-11-3-8-14(15(16)9-11)13-6-4-12(5-7-13)10-17-2;1-5-13(18-11(3)17)7-8-16-12(10-19-6-2)9-14-15(16)4;1-2-3-4/h3-9,17H,10H2,1-2H3;9,13-14H,5-8,10H2,1-4H3;2-3H2,1H3. The van der Waals surface area contributed by atoms with Gasteiger partial charge < -0.3 is 15.5 Å². The Morgan fingerprint density at radius 3 is 2.35 bits per heavy atom. The lowest BCUT2D eigenvalue weighted by Crippen LogP contribution is -2.41. The van der Waals surface area contributed by atoms with Gasteiger partial charge in [0.05, 0.1) is 12.4 Å². The molecule has 0 spiro atoms. The van der Waals surface area contributed by atoms with E-state index in [4.69, 9.17) is 4.74 Å². The summed E-state index contributed by atoms with van der Waals surface area (Å²) in [5, 5.41) is 7.27. The third-order valence-corrected chi connectivity index (χ3v) is 6.88. The van der Waals surface area contributed by atoms with Crippen LogP contribution in [0.15, 0.2) is 54.4 Å². The molecule has 1 heterocycles. The largest absolute Gasteiger partial charge is 0.463 e. The fourth-order valence-corrected chi connectivity index (χ4v) is 4.47. The van der Waals surface area contributed by atoms with E-state index in [2.05, 4.69) is 22.7 Å². The van der Waals surface area contributed by atoms with Crippen LogP contribution in [0.1, 0.15) is 58.1 Å². The molecule has 1 atom stereocenters. The average molecular weight is 579 g/mol. The van der Waals surface area contributed by atoms with Gasteiger partial charge in [0.25, 0.3) is 0 Å². The van der Waals surface area contributed by atoms with Crippen LogP contribution < -0.4 is 10.7 Å². The van der Waals surface area contributed by atoms with Gasteiger partial charge in [-0.1, -0.05) is 57.2 Å². The molecular formula is C31H48F2N4O2S. The predicted molar refractivity (Wildman–Crippen MR) is 165 cm³/mol. The first kappa shape index (κ1) is 35.4. The molecule has 224 valence electrons. The van der Waals surface area contributed by atoms with Gasteiger partial charge in [-0.05, 0) is 55.3 Å². The van der Waals surface area contributed by atoms with E-state index in [1.807, 2.05) is 87.4 Å². The van der Waals surface area contributed by atoms with E-state index in [0.717, 1.165) is 48.6 Å². The summed E-state index contributed by atoms with van der Waals surface area (Å²) in [6, 6.07) is 13.3. The van der Waals surface area contributed by atoms with Gasteiger partial charge in [-0.3, -0.25) is 14.2 Å². The third-order valence-electron chi connectivity index (χ3n) is 5.98. The van der Waals surface area contributed by atoms with Gasteiger partial charge >= 0.3 is 5.97 Å². The van der Waals surface area contributed by atoms with Crippen molar-refractivity contribution in [3.05, 3.63) is 71.3 Å². The highest BCUT2D eigenvalue weighted by Crippen LogP contribution is 2.24. The van der Waals surface area contributed by atoms with Crippen molar-refractivity contribution in [2.75, 3.05) is 38.8 Å². The van der Waals surface area contributed by atoms with E-state index in [1.165, 1.54) is 18.2 Å². The summed E-state index contributed by atoms with van der Waals surface area (Å²) in [4.78, 5) is 11.0. The predicted octanol–water partition coefficient (Wildman–Crippen LogP) is 6.87. The van der Waals surface area contributed by atoms with Crippen molar-refractivity contribution in [3.63, 3.8) is 0 Å². The number of hydrogen-bond donors (Lipinski definition) is 2. The lowest BCUT2D eigenvalue weighted by molar-refractivity contribution is -0.147. The summed E-state index contributed by atoms with van der Waals surface area (Å²) in [5.74, 6) is 1.75. The third kappa shape index (κ3) is 13.2. The molecule has 0 aliphatic carbocycles. The zero-order valence-electron chi connectivity index (χ0n) is 25.2. The first-order valence-electron chi connectivity index (χ1n) is 14.0. The Morgan fingerprint density at radius 1 is 1.15 bits per heavy atom. The van der Waals surface area contributed by atoms with E-state index in [-0.39, 0.29) is 24.6 Å². The van der Waals surface area contributed by atoms with Gasteiger partial charge in [-0.2, -0.15) is 11.8 Å². The maximum absolute atomic E-state index is 13.8. The second-order valence-electron chi connectivity index (χ2n) is 9.38. The Bertz CT molecular complexity index is 1020. The number of rotatable bonds is 12. The molecule has 2 aromatic rings. The molecule has 40 heavy (non-hydrogen) atoms. The second-order valence-corrected chi connectivity index (χ2v) is 10.7. The van der Waals surface area contributed by atoms with Gasteiger partial charge in [-0.25, -0.2) is 4.39 Å². The number of ether oxygens (including phenoxy) is 1. The molecule has 2 aromatic carbocycles. The summed E-state index contributed by atoms with van der Waals surface area (Å²) in [7, 11) is 3.90. The normalized spacial score (nSPS) is 13.3. The monoisotopic (exact) mass is 578 g/mol. The van der Waals surface area contributed by atoms with Crippen LogP contribution in [-0.4, -0.2) is 61.0 Å². The molecular weight excluding hydrogens is 530 g/mol. The van der Waals surface area contributed by atoms with Crippen molar-refractivity contribution in [1.29, 1.82) is 0 Å². The maximum Gasteiger partial charge on any atom is 0.302 e. The molecule has 1 unspecified atom stereocenters. The Balaban J connectivity index is 0.000000354. The van der Waals surface area contributed by atoms with Crippen molar-refractivity contribution >= 4 is 17.7 Å². The number of nitrogens with zero attached hydrogens (tertiary/aromatic N) is 2. The minimum Gasteiger partial charge on any atom is -0.463 e. The molecule has 6 nitrogen and oxygen atoms in total. The van der Waals surface area contributed by atoms with E-state index in [0.29, 0.717) is 12.0 Å². The number of carbonyl (C=O) groups excluding carboxylic acids is 1. The molecule has 0 saturated carbocycles. The van der Waals surface area contributed by atoms with Crippen molar-refractivity contribution in [1.82, 2.24) is 20.9 Å². The fraction of sp³-hybridized carbons (Fsp3) is 0.516. The molecule has 1 aliphatic rings. The molecule has 0 fully saturated rings. The molecule has 9 heteroatoms. The molecule has 3 rings (SSSR count). The topological polar surface area (TPSA) is 56.8 Å². The van der Waals surface area contributed by atoms with Gasteiger partial charge in [-0.15, -0.1) is 5.12 Å². The van der Waals surface area contributed by atoms with Crippen LogP contribution in [0.2, 0.25) is 0 Å². The van der Waals surface area contributed by atoms with Crippen LogP contribution in [0.3, 0.4) is 0 Å². The highest BCUT2D eigenvalue weighted by molar-refractivity contribution is 7.99. The van der Waals surface area contributed by atoms with Gasteiger partial charge in [0, 0.05) is 51.0 Å². The molecule has 1 aliphatic heterocycles. The molecule has 0 bridgehead atoms. The Kier molecular flexibility index (Phi) is 18.0. The SMILES string of the molecule is CCCF.CCSCC1=CNN(C)N1CCC(CC)OC(C)=O.CNCc1ccc(-c2ccc(C)cc2F)cc1. The average Bonchev–Trinajstić information content (AvgIpc) is 3.29. The van der Waals surface area contributed by atoms with E-state index < -0.39 is 0 Å². The number of nitrogens with one attached hydrogen (secondary N) is 2. The minimum atomic E-state index is -0.197. The zero-order valence-corrected chi connectivity index (χ0v) is 26.0. The summed E-state index contributed by atoms with van der Waals surface area (Å²) in [5.41, 5.74) is 8.18. The highest BCUT2D eigenvalue weighted by atomic mass is 32.2. The van der Waals surface area contributed by atoms with E-state index in [9.17, 15) is 13.6 Å². The molecule has 0 aromatic heterocycles. The molecule has 0 radical (unpaired) electrons. The van der Waals surface area contributed by atoms with Crippen molar-refractivity contribution in [3.8, 4) is 11.1 Å². The first-order chi connectivity index (χ1) is 19.2. The second kappa shape index (κ2) is 20.3. The lowest BCUT2D eigenvalue weighted by atomic mass is 10.0. The maximum atomic E-state index is 13.8. The smallest absolute Gasteiger partial charge is 0.302 e. The highest BCUT2D eigenvalue weighted by Gasteiger charge is 2.21. The van der Waals surface area contributed by atoms with Crippen molar-refractivity contribution in [2.24, 2.45) is 0 Å². The molecule has 2 N–H and O–H groups in total. The van der Waals surface area contributed by atoms with Gasteiger partial charge in [0.1, 0.15) is 11.9 Å². The summed E-state index contributed by atoms with van der Waals surface area (Å²) in [6.07, 6.45) is 4.39. The van der Waals surface area contributed by atoms with Crippen molar-refractivity contribution in [2.45, 2.75) is 66.5 Å². The first-order valence-corrected chi connectivity index (χ1v) is 15.1. The van der Waals surface area contributed by atoms with Gasteiger partial charge in [0.2, 0.25) is 0 Å². The number of hydrazine groups is 2. The van der Waals surface area contributed by atoms with Gasteiger partial charge in [0.15, 0.2) is 0 Å². The van der Waals surface area contributed by atoms with Crippen LogP contribution in [0.25, 0.3) is 11.1 Å². The number of alkyl halides is 1. The number of carbonyl (C=O) groups is 1. The summed E-state index contributed by atoms with van der Waals surface area (Å²) < 4.78 is 29.8. The number of aryl methyl sites for hydroxylation is 1. The Hall–Kier alpha value is -2.62. The number of halogens is 2. The molecule has 0 amide bonds. The summed E-state index contributed by atoms with van der Waals surface area (Å²) >= 11 is 1.90. The zero-order chi connectivity index (χ0) is 29.9. The van der Waals surface area contributed by atoms with E-state index >= 15 is 0 Å². The Morgan fingerprint density at radius 2 is 1.82 bits per heavy atom. The number of thioether (sulfide) groups is 1. The number of benzene rings is 2. The van der Waals surface area contributed by atoms with Crippen LogP contribution in [0, 0.1) is 12.7 Å². The van der Waals surface area contributed by atoms with Crippen LogP contribution in [-0.2, 0) is 16.1 Å². The van der Waals surface area contributed by atoms with Crippen LogP contribution >= 0.6 is 11.8 Å². The quantitative estimate of drug-likeness (QED) is 0.267. The Labute approximate surface area is 244 Å². The lowest BCUT2D eigenvalue weighted by Gasteiger charge is -2.29. The fourth-order valence-electron chi connectivity index (χ4n) is 3.83. The number of esters is 1. The van der Waals surface area contributed by atoms with Crippen molar-refractivity contribution < 1.29 is 18.3 Å². The summed E-state index contributed by atoms with van der Waals surface area (Å²) in [6.45, 7) is 10.9. The number of hydrogen-bond acceptors (Lipinski definition) is 7. The molecule has 0 saturated heterocycles. The van der Waals surface area contributed by atoms with Crippen LogP contribution in [0.4, 0.5) is 8.78 Å². The van der Waals surface area contributed by atoms with Crippen LogP contribution in [0.5, 0.6) is 0 Å².